The van der Waals surface area contributed by atoms with Crippen LogP contribution in [-0.2, 0) is 4.79 Å². The van der Waals surface area contributed by atoms with E-state index in [4.69, 9.17) is 0 Å². The van der Waals surface area contributed by atoms with Gasteiger partial charge in [0.15, 0.2) is 0 Å². The molecular formula is C15H20N2O2. The number of hydrogen-bond donors (Lipinski definition) is 0. The predicted molar refractivity (Wildman–Crippen MR) is 75.7 cm³/mol. The summed E-state index contributed by atoms with van der Waals surface area (Å²) in [6, 6.07) is 5.61. The summed E-state index contributed by atoms with van der Waals surface area (Å²) in [5, 5.41) is 0. The third-order valence-electron chi connectivity index (χ3n) is 3.66. The summed E-state index contributed by atoms with van der Waals surface area (Å²) < 4.78 is 0. The maximum atomic E-state index is 12.0. The fourth-order valence-corrected chi connectivity index (χ4v) is 2.42. The maximum Gasteiger partial charge on any atom is 0.299 e. The van der Waals surface area contributed by atoms with Crippen molar-refractivity contribution in [3.8, 4) is 0 Å². The van der Waals surface area contributed by atoms with Crippen LogP contribution in [0.15, 0.2) is 18.2 Å². The zero-order valence-electron chi connectivity index (χ0n) is 11.8. The zero-order valence-corrected chi connectivity index (χ0v) is 11.8. The number of ketones is 1. The number of fused-ring (bicyclic) bond motifs is 1. The van der Waals surface area contributed by atoms with Gasteiger partial charge in [-0.25, -0.2) is 0 Å². The molecule has 0 saturated heterocycles. The van der Waals surface area contributed by atoms with Crippen molar-refractivity contribution in [1.29, 1.82) is 0 Å². The summed E-state index contributed by atoms with van der Waals surface area (Å²) in [4.78, 5) is 27.8. The Labute approximate surface area is 114 Å². The highest BCUT2D eigenvalue weighted by Crippen LogP contribution is 2.29. The van der Waals surface area contributed by atoms with Crippen LogP contribution in [0, 0.1) is 6.92 Å². The lowest BCUT2D eigenvalue weighted by atomic mass is 10.1. The number of benzene rings is 1. The topological polar surface area (TPSA) is 40.6 Å². The van der Waals surface area contributed by atoms with Crippen molar-refractivity contribution in [1.82, 2.24) is 4.90 Å². The fourth-order valence-electron chi connectivity index (χ4n) is 2.42. The minimum atomic E-state index is -0.396. The number of amides is 1. The highest BCUT2D eigenvalue weighted by atomic mass is 16.2. The number of rotatable bonds is 5. The number of carbonyl (C=O) groups is 2. The molecule has 0 atom stereocenters. The third-order valence-corrected chi connectivity index (χ3v) is 3.66. The van der Waals surface area contributed by atoms with E-state index in [1.165, 1.54) is 0 Å². The van der Waals surface area contributed by atoms with Crippen molar-refractivity contribution >= 4 is 17.4 Å². The number of Topliss-reactive ketones (excluding diaryl/α,β-unsaturated/α-hetero) is 1. The van der Waals surface area contributed by atoms with Crippen LogP contribution in [0.2, 0.25) is 0 Å². The van der Waals surface area contributed by atoms with Crippen LogP contribution in [0.1, 0.15) is 29.8 Å². The number of carbonyl (C=O) groups excluding carboxylic acids is 2. The Hall–Kier alpha value is -1.68. The standard InChI is InChI=1S/C15H20N2O2/c1-4-16(5-2)8-9-17-13-7-6-11(3)10-12(13)14(18)15(17)19/h6-7,10H,4-5,8-9H2,1-3H3. The molecule has 1 aromatic rings. The highest BCUT2D eigenvalue weighted by molar-refractivity contribution is 6.52. The molecule has 1 aromatic carbocycles. The van der Waals surface area contributed by atoms with Crippen molar-refractivity contribution in [2.45, 2.75) is 20.8 Å². The van der Waals surface area contributed by atoms with E-state index in [-0.39, 0.29) is 5.78 Å². The first-order valence-electron chi connectivity index (χ1n) is 6.77. The van der Waals surface area contributed by atoms with E-state index < -0.39 is 5.91 Å². The maximum absolute atomic E-state index is 12.0. The molecule has 1 aliphatic heterocycles. The van der Waals surface area contributed by atoms with Crippen LogP contribution in [-0.4, -0.2) is 42.8 Å². The van der Waals surface area contributed by atoms with Gasteiger partial charge >= 0.3 is 0 Å². The second kappa shape index (κ2) is 5.53. The molecule has 0 fully saturated rings. The summed E-state index contributed by atoms with van der Waals surface area (Å²) in [5.41, 5.74) is 2.31. The van der Waals surface area contributed by atoms with Crippen molar-refractivity contribution in [2.75, 3.05) is 31.1 Å². The molecule has 4 nitrogen and oxygen atoms in total. The Morgan fingerprint density at radius 1 is 1.16 bits per heavy atom. The van der Waals surface area contributed by atoms with E-state index >= 15 is 0 Å². The van der Waals surface area contributed by atoms with Crippen LogP contribution in [0.25, 0.3) is 0 Å². The molecule has 1 aliphatic rings. The van der Waals surface area contributed by atoms with Crippen LogP contribution in [0.5, 0.6) is 0 Å². The van der Waals surface area contributed by atoms with Crippen LogP contribution in [0.4, 0.5) is 5.69 Å². The predicted octanol–water partition coefficient (Wildman–Crippen LogP) is 1.87. The van der Waals surface area contributed by atoms with Crippen molar-refractivity contribution in [3.05, 3.63) is 29.3 Å². The lowest BCUT2D eigenvalue weighted by Crippen LogP contribution is -2.38. The molecule has 1 amide bonds. The smallest absolute Gasteiger partial charge is 0.299 e. The number of aryl methyl sites for hydroxylation is 1. The van der Waals surface area contributed by atoms with Gasteiger partial charge in [-0.05, 0) is 32.1 Å². The normalized spacial score (nSPS) is 14.4. The Morgan fingerprint density at radius 3 is 2.47 bits per heavy atom. The van der Waals surface area contributed by atoms with E-state index in [0.717, 1.165) is 30.9 Å². The fraction of sp³-hybridized carbons (Fsp3) is 0.467. The van der Waals surface area contributed by atoms with Crippen molar-refractivity contribution < 1.29 is 9.59 Å². The van der Waals surface area contributed by atoms with Crippen LogP contribution in [0.3, 0.4) is 0 Å². The number of likely N-dealkylation sites (N-methyl/N-ethyl adjacent to an activating group) is 1. The van der Waals surface area contributed by atoms with E-state index in [9.17, 15) is 9.59 Å². The van der Waals surface area contributed by atoms with Gasteiger partial charge in [0.1, 0.15) is 0 Å². The van der Waals surface area contributed by atoms with Crippen LogP contribution >= 0.6 is 0 Å². The van der Waals surface area contributed by atoms with Gasteiger partial charge in [0.2, 0.25) is 0 Å². The molecule has 1 heterocycles. The van der Waals surface area contributed by atoms with Crippen LogP contribution < -0.4 is 4.90 Å². The lowest BCUT2D eigenvalue weighted by molar-refractivity contribution is -0.114. The molecule has 0 aliphatic carbocycles. The van der Waals surface area contributed by atoms with Gasteiger partial charge < -0.3 is 9.80 Å². The first-order chi connectivity index (χ1) is 9.08. The Bertz CT molecular complexity index is 507. The summed E-state index contributed by atoms with van der Waals surface area (Å²) in [6.45, 7) is 9.38. The summed E-state index contributed by atoms with van der Waals surface area (Å²) >= 11 is 0. The Balaban J connectivity index is 2.19. The van der Waals surface area contributed by atoms with E-state index in [2.05, 4.69) is 18.7 Å². The van der Waals surface area contributed by atoms with Crippen molar-refractivity contribution in [2.24, 2.45) is 0 Å². The highest BCUT2D eigenvalue weighted by Gasteiger charge is 2.35. The quantitative estimate of drug-likeness (QED) is 0.759. The molecule has 0 unspecified atom stereocenters. The largest absolute Gasteiger partial charge is 0.303 e. The van der Waals surface area contributed by atoms with Gasteiger partial charge in [0, 0.05) is 13.1 Å². The van der Waals surface area contributed by atoms with Gasteiger partial charge in [0.05, 0.1) is 11.3 Å². The van der Waals surface area contributed by atoms with Gasteiger partial charge in [-0.3, -0.25) is 9.59 Å². The molecule has 102 valence electrons. The lowest BCUT2D eigenvalue weighted by Gasteiger charge is -2.22. The molecule has 0 saturated carbocycles. The monoisotopic (exact) mass is 260 g/mol. The third kappa shape index (κ3) is 2.54. The molecular weight excluding hydrogens is 240 g/mol. The SMILES string of the molecule is CCN(CC)CCN1C(=O)C(=O)c2cc(C)ccc21. The summed E-state index contributed by atoms with van der Waals surface area (Å²) in [5.74, 6) is -0.772. The number of hydrogen-bond acceptors (Lipinski definition) is 3. The summed E-state index contributed by atoms with van der Waals surface area (Å²) in [7, 11) is 0. The van der Waals surface area contributed by atoms with Gasteiger partial charge in [-0.1, -0.05) is 25.5 Å². The molecule has 4 heteroatoms. The second-order valence-electron chi connectivity index (χ2n) is 4.83. The average Bonchev–Trinajstić information content (AvgIpc) is 2.64. The minimum absolute atomic E-state index is 0.377. The van der Waals surface area contributed by atoms with Gasteiger partial charge in [0.25, 0.3) is 11.7 Å². The molecule has 0 N–H and O–H groups in total. The first kappa shape index (κ1) is 13.7. The molecule has 2 rings (SSSR count). The number of anilines is 1. The Morgan fingerprint density at radius 2 is 1.84 bits per heavy atom. The van der Waals surface area contributed by atoms with E-state index in [1.54, 1.807) is 11.0 Å². The van der Waals surface area contributed by atoms with Crippen molar-refractivity contribution in [3.63, 3.8) is 0 Å². The summed E-state index contributed by atoms with van der Waals surface area (Å²) in [6.07, 6.45) is 0. The molecule has 0 spiro atoms. The molecule has 0 radical (unpaired) electrons. The average molecular weight is 260 g/mol. The molecule has 0 bridgehead atoms. The second-order valence-corrected chi connectivity index (χ2v) is 4.83. The molecule has 0 aromatic heterocycles. The molecule has 19 heavy (non-hydrogen) atoms. The Kier molecular flexibility index (Phi) is 4.00. The van der Waals surface area contributed by atoms with E-state index in [1.807, 2.05) is 19.1 Å². The number of nitrogens with zero attached hydrogens (tertiary/aromatic N) is 2. The van der Waals surface area contributed by atoms with Gasteiger partial charge in [-0.2, -0.15) is 0 Å². The first-order valence-corrected chi connectivity index (χ1v) is 6.77. The van der Waals surface area contributed by atoms with Gasteiger partial charge in [-0.15, -0.1) is 0 Å². The van der Waals surface area contributed by atoms with E-state index in [0.29, 0.717) is 12.1 Å². The zero-order chi connectivity index (χ0) is 14.0. The minimum Gasteiger partial charge on any atom is -0.303 e.